The molecule has 2 aromatic carbocycles. The molecule has 8 heteroatoms. The van der Waals surface area contributed by atoms with E-state index < -0.39 is 39.6 Å². The van der Waals surface area contributed by atoms with Gasteiger partial charge in [0.15, 0.2) is 5.78 Å². The van der Waals surface area contributed by atoms with Crippen LogP contribution in [0.2, 0.25) is 0 Å². The van der Waals surface area contributed by atoms with Crippen molar-refractivity contribution < 1.29 is 24.4 Å². The number of nitro groups is 1. The Kier molecular flexibility index (Phi) is 4.41. The Bertz CT molecular complexity index is 1100. The number of benzene rings is 2. The lowest BCUT2D eigenvalue weighted by atomic mass is 9.74. The zero-order chi connectivity index (χ0) is 20.9. The van der Waals surface area contributed by atoms with Crippen LogP contribution in [0.4, 0.5) is 11.4 Å². The number of hydrogen-bond acceptors (Lipinski definition) is 6. The van der Waals surface area contributed by atoms with Crippen LogP contribution in [0.25, 0.3) is 0 Å². The standard InChI is InChI=1S/C21H18N2O6/c22-17-14-16(20(25)12-9-5-4-8-11(12)19(14)24)18(23(28)29)13(15(17)21(26)27)10-6-2-1-3-7-10/h4-5,8-10H,1-3,6-7,22H2,(H,26,27). The summed E-state index contributed by atoms with van der Waals surface area (Å²) in [4.78, 5) is 49.7. The highest BCUT2D eigenvalue weighted by Gasteiger charge is 2.44. The van der Waals surface area contributed by atoms with E-state index in [1.807, 2.05) is 0 Å². The van der Waals surface area contributed by atoms with Crippen LogP contribution >= 0.6 is 0 Å². The maximum atomic E-state index is 13.2. The largest absolute Gasteiger partial charge is 0.478 e. The van der Waals surface area contributed by atoms with E-state index in [2.05, 4.69) is 0 Å². The lowest BCUT2D eigenvalue weighted by Gasteiger charge is -2.27. The van der Waals surface area contributed by atoms with Gasteiger partial charge in [0, 0.05) is 11.1 Å². The molecule has 4 rings (SSSR count). The fraction of sp³-hybridized carbons (Fsp3) is 0.286. The smallest absolute Gasteiger partial charge is 0.338 e. The fourth-order valence-corrected chi connectivity index (χ4v) is 4.59. The van der Waals surface area contributed by atoms with Gasteiger partial charge in [0.1, 0.15) is 5.56 Å². The Morgan fingerprint density at radius 2 is 1.59 bits per heavy atom. The van der Waals surface area contributed by atoms with Crippen LogP contribution in [0.3, 0.4) is 0 Å². The van der Waals surface area contributed by atoms with Crippen molar-refractivity contribution in [2.75, 3.05) is 5.73 Å². The van der Waals surface area contributed by atoms with Gasteiger partial charge >= 0.3 is 5.97 Å². The zero-order valence-corrected chi connectivity index (χ0v) is 15.4. The molecule has 0 heterocycles. The average molecular weight is 394 g/mol. The number of aromatic carboxylic acids is 1. The molecule has 29 heavy (non-hydrogen) atoms. The Hall–Kier alpha value is -3.55. The second-order valence-corrected chi connectivity index (χ2v) is 7.40. The number of hydrogen-bond donors (Lipinski definition) is 2. The molecule has 1 saturated carbocycles. The number of carbonyl (C=O) groups excluding carboxylic acids is 2. The summed E-state index contributed by atoms with van der Waals surface area (Å²) in [5.41, 5.74) is 4.06. The number of fused-ring (bicyclic) bond motifs is 2. The topological polar surface area (TPSA) is 141 Å². The molecule has 0 bridgehead atoms. The molecule has 1 fully saturated rings. The van der Waals surface area contributed by atoms with Gasteiger partial charge in [-0.15, -0.1) is 0 Å². The lowest BCUT2D eigenvalue weighted by molar-refractivity contribution is -0.386. The SMILES string of the molecule is Nc1c2c(c([N+](=O)[O-])c(C3CCCCC3)c1C(=O)O)C(=O)c1ccccc1C2=O. The summed E-state index contributed by atoms with van der Waals surface area (Å²) in [7, 11) is 0. The van der Waals surface area contributed by atoms with E-state index in [9.17, 15) is 29.6 Å². The van der Waals surface area contributed by atoms with Gasteiger partial charge in [0.05, 0.1) is 27.3 Å². The summed E-state index contributed by atoms with van der Waals surface area (Å²) in [5.74, 6) is -3.19. The van der Waals surface area contributed by atoms with Gasteiger partial charge in [-0.25, -0.2) is 4.79 Å². The molecule has 0 radical (unpaired) electrons. The van der Waals surface area contributed by atoms with Crippen molar-refractivity contribution in [3.05, 3.63) is 67.8 Å². The number of nitrogens with two attached hydrogens (primary N) is 1. The van der Waals surface area contributed by atoms with Crippen molar-refractivity contribution in [2.45, 2.75) is 38.0 Å². The highest BCUT2D eigenvalue weighted by Crippen LogP contribution is 2.47. The number of rotatable bonds is 3. The van der Waals surface area contributed by atoms with Crippen molar-refractivity contribution in [2.24, 2.45) is 0 Å². The van der Waals surface area contributed by atoms with Gasteiger partial charge < -0.3 is 10.8 Å². The summed E-state index contributed by atoms with van der Waals surface area (Å²) in [6, 6.07) is 6.00. The van der Waals surface area contributed by atoms with Crippen molar-refractivity contribution in [3.8, 4) is 0 Å². The second-order valence-electron chi connectivity index (χ2n) is 7.40. The first kappa shape index (κ1) is 18.8. The quantitative estimate of drug-likeness (QED) is 0.392. The summed E-state index contributed by atoms with van der Waals surface area (Å²) >= 11 is 0. The fourth-order valence-electron chi connectivity index (χ4n) is 4.59. The normalized spacial score (nSPS) is 16.3. The van der Waals surface area contributed by atoms with Gasteiger partial charge in [-0.1, -0.05) is 43.5 Å². The van der Waals surface area contributed by atoms with Gasteiger partial charge in [0.25, 0.3) is 5.69 Å². The molecule has 2 aliphatic carbocycles. The molecule has 0 amide bonds. The third kappa shape index (κ3) is 2.71. The minimum absolute atomic E-state index is 0.0287. The van der Waals surface area contributed by atoms with Crippen LogP contribution in [0, 0.1) is 10.1 Å². The van der Waals surface area contributed by atoms with Crippen molar-refractivity contribution in [3.63, 3.8) is 0 Å². The molecule has 0 atom stereocenters. The summed E-state index contributed by atoms with van der Waals surface area (Å²) in [5, 5.41) is 21.9. The molecule has 2 aromatic rings. The number of anilines is 1. The summed E-state index contributed by atoms with van der Waals surface area (Å²) < 4.78 is 0. The number of ketones is 2. The monoisotopic (exact) mass is 394 g/mol. The molecule has 0 aliphatic heterocycles. The van der Waals surface area contributed by atoms with E-state index in [4.69, 9.17) is 5.73 Å². The Morgan fingerprint density at radius 3 is 2.10 bits per heavy atom. The number of nitro benzene ring substituents is 1. The van der Waals surface area contributed by atoms with Crippen LogP contribution in [-0.2, 0) is 0 Å². The van der Waals surface area contributed by atoms with Gasteiger partial charge in [0.2, 0.25) is 5.78 Å². The van der Waals surface area contributed by atoms with E-state index in [-0.39, 0.29) is 33.5 Å². The predicted octanol–water partition coefficient (Wildman–Crippen LogP) is 3.70. The highest BCUT2D eigenvalue weighted by molar-refractivity contribution is 6.32. The Balaban J connectivity index is 2.13. The number of carboxylic acids is 1. The third-order valence-corrected chi connectivity index (χ3v) is 5.83. The molecule has 2 aliphatic rings. The van der Waals surface area contributed by atoms with Crippen LogP contribution in [0.5, 0.6) is 0 Å². The number of carboxylic acid groups (broad SMARTS) is 1. The first-order valence-corrected chi connectivity index (χ1v) is 9.40. The number of nitrogens with zero attached hydrogens (tertiary/aromatic N) is 1. The maximum Gasteiger partial charge on any atom is 0.338 e. The summed E-state index contributed by atoms with van der Waals surface area (Å²) in [6.07, 6.45) is 3.69. The van der Waals surface area contributed by atoms with Crippen LogP contribution in [-0.4, -0.2) is 27.6 Å². The molecule has 3 N–H and O–H groups in total. The third-order valence-electron chi connectivity index (χ3n) is 5.83. The minimum Gasteiger partial charge on any atom is -0.478 e. The highest BCUT2D eigenvalue weighted by atomic mass is 16.6. The molecule has 0 saturated heterocycles. The van der Waals surface area contributed by atoms with Crippen LogP contribution in [0.1, 0.15) is 85.8 Å². The predicted molar refractivity (Wildman–Crippen MR) is 104 cm³/mol. The first-order valence-electron chi connectivity index (χ1n) is 9.40. The van der Waals surface area contributed by atoms with Crippen LogP contribution in [0.15, 0.2) is 24.3 Å². The van der Waals surface area contributed by atoms with E-state index in [0.717, 1.165) is 19.3 Å². The van der Waals surface area contributed by atoms with Gasteiger partial charge in [-0.2, -0.15) is 0 Å². The average Bonchev–Trinajstić information content (AvgIpc) is 2.71. The number of carbonyl (C=O) groups is 3. The molecule has 148 valence electrons. The minimum atomic E-state index is -1.44. The van der Waals surface area contributed by atoms with Crippen molar-refractivity contribution >= 4 is 28.9 Å². The lowest BCUT2D eigenvalue weighted by Crippen LogP contribution is -2.27. The maximum absolute atomic E-state index is 13.2. The van der Waals surface area contributed by atoms with Crippen molar-refractivity contribution in [1.29, 1.82) is 0 Å². The Labute approximate surface area is 165 Å². The van der Waals surface area contributed by atoms with Crippen LogP contribution < -0.4 is 5.73 Å². The zero-order valence-electron chi connectivity index (χ0n) is 15.4. The van der Waals surface area contributed by atoms with E-state index in [0.29, 0.717) is 12.8 Å². The molecular formula is C21H18N2O6. The van der Waals surface area contributed by atoms with Gasteiger partial charge in [-0.05, 0) is 18.8 Å². The first-order chi connectivity index (χ1) is 13.8. The van der Waals surface area contributed by atoms with E-state index >= 15 is 0 Å². The van der Waals surface area contributed by atoms with Gasteiger partial charge in [-0.3, -0.25) is 19.7 Å². The molecular weight excluding hydrogens is 376 g/mol. The van der Waals surface area contributed by atoms with E-state index in [1.165, 1.54) is 12.1 Å². The molecule has 8 nitrogen and oxygen atoms in total. The summed E-state index contributed by atoms with van der Waals surface area (Å²) in [6.45, 7) is 0. The number of nitrogen functional groups attached to an aromatic ring is 1. The molecule has 0 aromatic heterocycles. The van der Waals surface area contributed by atoms with E-state index in [1.54, 1.807) is 12.1 Å². The Morgan fingerprint density at radius 1 is 1.03 bits per heavy atom. The molecule has 0 unspecified atom stereocenters. The second kappa shape index (κ2) is 6.80. The molecule has 0 spiro atoms. The van der Waals surface area contributed by atoms with Crippen molar-refractivity contribution in [1.82, 2.24) is 0 Å².